The van der Waals surface area contributed by atoms with E-state index >= 15 is 0 Å². The number of aliphatic carboxylic acids is 1. The van der Waals surface area contributed by atoms with Gasteiger partial charge in [0.05, 0.1) is 0 Å². The van der Waals surface area contributed by atoms with Gasteiger partial charge in [-0.2, -0.15) is 0 Å². The SMILES string of the molecule is CCO/N=C(\C(=O)NC1C(=O)N2C(C(=O)O)=C(COC(C)=O)CS[C@@H]12)c1csc(N)n1. The fourth-order valence-corrected chi connectivity index (χ4v) is 4.80. The quantitative estimate of drug-likeness (QED) is 0.200. The predicted octanol–water partition coefficient (Wildman–Crippen LogP) is -0.232. The molecule has 3 rings (SSSR count). The van der Waals surface area contributed by atoms with Crippen LogP contribution in [0.4, 0.5) is 5.13 Å². The molecule has 4 N–H and O–H groups in total. The third-order valence-corrected chi connectivity index (χ3v) is 6.26. The number of nitrogens with two attached hydrogens (primary N) is 1. The molecular formula is C17H19N5O7S2. The number of ether oxygens (including phenoxy) is 1. The molecule has 1 aromatic heterocycles. The van der Waals surface area contributed by atoms with Gasteiger partial charge in [-0.25, -0.2) is 9.78 Å². The number of fused-ring (bicyclic) bond motifs is 1. The maximum atomic E-state index is 12.8. The minimum absolute atomic E-state index is 0.147. The third-order valence-electron chi connectivity index (χ3n) is 4.25. The number of carboxylic acids is 1. The van der Waals surface area contributed by atoms with Crippen molar-refractivity contribution in [2.75, 3.05) is 24.7 Å². The van der Waals surface area contributed by atoms with E-state index in [0.717, 1.165) is 16.2 Å². The molecule has 0 radical (unpaired) electrons. The van der Waals surface area contributed by atoms with E-state index in [0.29, 0.717) is 5.57 Å². The summed E-state index contributed by atoms with van der Waals surface area (Å²) in [5.41, 5.74) is 5.73. The Morgan fingerprint density at radius 2 is 2.19 bits per heavy atom. The number of β-lactam (4-membered cyclic amide) rings is 1. The average molecular weight is 470 g/mol. The molecule has 3 heterocycles. The number of rotatable bonds is 8. The van der Waals surface area contributed by atoms with Crippen LogP contribution in [-0.4, -0.2) is 74.8 Å². The van der Waals surface area contributed by atoms with Gasteiger partial charge in [-0.1, -0.05) is 5.16 Å². The minimum Gasteiger partial charge on any atom is -0.477 e. The Balaban J connectivity index is 1.78. The third kappa shape index (κ3) is 4.64. The molecule has 31 heavy (non-hydrogen) atoms. The first-order valence-electron chi connectivity index (χ1n) is 9.00. The fourth-order valence-electron chi connectivity index (χ4n) is 2.92. The number of carbonyl (C=O) groups is 4. The number of anilines is 1. The lowest BCUT2D eigenvalue weighted by molar-refractivity contribution is -0.150. The number of aromatic nitrogens is 1. The van der Waals surface area contributed by atoms with Crippen LogP contribution >= 0.6 is 23.1 Å². The van der Waals surface area contributed by atoms with Crippen molar-refractivity contribution in [3.05, 3.63) is 22.3 Å². The molecule has 1 aromatic rings. The maximum absolute atomic E-state index is 12.8. The van der Waals surface area contributed by atoms with E-state index in [1.807, 2.05) is 0 Å². The van der Waals surface area contributed by atoms with E-state index in [4.69, 9.17) is 15.3 Å². The second-order valence-electron chi connectivity index (χ2n) is 6.33. The van der Waals surface area contributed by atoms with Crippen molar-refractivity contribution in [3.63, 3.8) is 0 Å². The van der Waals surface area contributed by atoms with Crippen molar-refractivity contribution < 1.29 is 33.9 Å². The molecule has 0 aliphatic carbocycles. The first-order chi connectivity index (χ1) is 14.7. The van der Waals surface area contributed by atoms with Gasteiger partial charge in [-0.15, -0.1) is 23.1 Å². The molecule has 0 bridgehead atoms. The number of hydrogen-bond donors (Lipinski definition) is 3. The summed E-state index contributed by atoms with van der Waals surface area (Å²) in [5.74, 6) is -2.96. The Labute approximate surface area is 184 Å². The lowest BCUT2D eigenvalue weighted by Gasteiger charge is -2.49. The minimum atomic E-state index is -1.32. The number of hydrogen-bond acceptors (Lipinski definition) is 11. The molecule has 12 nitrogen and oxygen atoms in total. The number of carbonyl (C=O) groups excluding carboxylic acids is 3. The zero-order chi connectivity index (χ0) is 22.7. The summed E-state index contributed by atoms with van der Waals surface area (Å²) < 4.78 is 4.89. The van der Waals surface area contributed by atoms with Crippen molar-refractivity contribution >= 4 is 57.7 Å². The lowest BCUT2D eigenvalue weighted by Crippen LogP contribution is -2.71. The van der Waals surface area contributed by atoms with Crippen LogP contribution in [0, 0.1) is 0 Å². The largest absolute Gasteiger partial charge is 0.477 e. The highest BCUT2D eigenvalue weighted by molar-refractivity contribution is 8.00. The summed E-state index contributed by atoms with van der Waals surface area (Å²) in [6.07, 6.45) is 0. The van der Waals surface area contributed by atoms with E-state index < -0.39 is 35.2 Å². The number of oxime groups is 1. The molecule has 0 aromatic carbocycles. The number of thiazole rings is 1. The van der Waals surface area contributed by atoms with Crippen molar-refractivity contribution in [1.82, 2.24) is 15.2 Å². The van der Waals surface area contributed by atoms with E-state index in [9.17, 15) is 24.3 Å². The van der Waals surface area contributed by atoms with E-state index in [1.54, 1.807) is 6.92 Å². The van der Waals surface area contributed by atoms with Crippen LogP contribution in [0.1, 0.15) is 19.5 Å². The van der Waals surface area contributed by atoms with Gasteiger partial charge in [-0.05, 0) is 6.92 Å². The standard InChI is InChI=1S/C17H19N5O7S2/c1-3-29-21-10(9-6-31-17(18)19-9)13(24)20-11-14(25)22-12(16(26)27)8(4-28-7(2)23)5-30-15(11)22/h6,11,15H,3-5H2,1-2H3,(H2,18,19)(H,20,24)(H,26,27)/b21-10-/t11?,15-/m0/s1. The van der Waals surface area contributed by atoms with E-state index in [-0.39, 0.29) is 41.2 Å². The van der Waals surface area contributed by atoms with Gasteiger partial charge in [0.1, 0.15) is 36.0 Å². The maximum Gasteiger partial charge on any atom is 0.352 e. The van der Waals surface area contributed by atoms with Gasteiger partial charge >= 0.3 is 11.9 Å². The zero-order valence-corrected chi connectivity index (χ0v) is 18.1. The van der Waals surface area contributed by atoms with Crippen LogP contribution in [0.3, 0.4) is 0 Å². The van der Waals surface area contributed by atoms with Gasteiger partial charge in [0, 0.05) is 23.6 Å². The molecule has 166 valence electrons. The van der Waals surface area contributed by atoms with Crippen LogP contribution in [0.2, 0.25) is 0 Å². The Kier molecular flexibility index (Phi) is 6.80. The molecule has 2 aliphatic rings. The monoisotopic (exact) mass is 469 g/mol. The number of thioether (sulfide) groups is 1. The number of esters is 1. The van der Waals surface area contributed by atoms with Crippen LogP contribution in [-0.2, 0) is 28.8 Å². The second kappa shape index (κ2) is 9.34. The highest BCUT2D eigenvalue weighted by Gasteiger charge is 2.54. The van der Waals surface area contributed by atoms with E-state index in [1.165, 1.54) is 24.1 Å². The van der Waals surface area contributed by atoms with Gasteiger partial charge in [-0.3, -0.25) is 19.3 Å². The van der Waals surface area contributed by atoms with Gasteiger partial charge in [0.2, 0.25) is 0 Å². The summed E-state index contributed by atoms with van der Waals surface area (Å²) in [6, 6.07) is -0.968. The molecule has 1 fully saturated rings. The molecule has 2 amide bonds. The molecule has 1 saturated heterocycles. The highest BCUT2D eigenvalue weighted by Crippen LogP contribution is 2.40. The van der Waals surface area contributed by atoms with Crippen molar-refractivity contribution in [2.24, 2.45) is 5.16 Å². The van der Waals surface area contributed by atoms with Crippen LogP contribution in [0.5, 0.6) is 0 Å². The number of amides is 2. The first kappa shape index (κ1) is 22.6. The van der Waals surface area contributed by atoms with Gasteiger partial charge < -0.3 is 25.7 Å². The number of carboxylic acid groups (broad SMARTS) is 1. The number of nitrogens with zero attached hydrogens (tertiary/aromatic N) is 3. The molecular weight excluding hydrogens is 450 g/mol. The lowest BCUT2D eigenvalue weighted by atomic mass is 10.0. The number of nitrogens with one attached hydrogen (secondary N) is 1. The molecule has 0 saturated carbocycles. The Bertz CT molecular complexity index is 989. The summed E-state index contributed by atoms with van der Waals surface area (Å²) >= 11 is 2.37. The van der Waals surface area contributed by atoms with E-state index in [2.05, 4.69) is 15.5 Å². The van der Waals surface area contributed by atoms with Crippen molar-refractivity contribution in [1.29, 1.82) is 0 Å². The zero-order valence-electron chi connectivity index (χ0n) is 16.5. The molecule has 0 spiro atoms. The fraction of sp³-hybridized carbons (Fsp3) is 0.412. The number of nitrogen functional groups attached to an aromatic ring is 1. The van der Waals surface area contributed by atoms with Gasteiger partial charge in [0.25, 0.3) is 11.8 Å². The van der Waals surface area contributed by atoms with Crippen molar-refractivity contribution in [3.8, 4) is 0 Å². The Hall–Kier alpha value is -3.13. The summed E-state index contributed by atoms with van der Waals surface area (Å²) in [5, 5.41) is 17.1. The Morgan fingerprint density at radius 1 is 1.45 bits per heavy atom. The molecule has 2 aliphatic heterocycles. The van der Waals surface area contributed by atoms with Crippen LogP contribution < -0.4 is 11.1 Å². The summed E-state index contributed by atoms with van der Waals surface area (Å²) in [6.45, 7) is 2.88. The summed E-state index contributed by atoms with van der Waals surface area (Å²) in [7, 11) is 0. The highest BCUT2D eigenvalue weighted by atomic mass is 32.2. The van der Waals surface area contributed by atoms with Crippen LogP contribution in [0.25, 0.3) is 0 Å². The second-order valence-corrected chi connectivity index (χ2v) is 8.32. The normalized spacial score (nSPS) is 20.6. The average Bonchev–Trinajstić information content (AvgIpc) is 3.15. The first-order valence-corrected chi connectivity index (χ1v) is 10.9. The molecule has 2 atom stereocenters. The van der Waals surface area contributed by atoms with Gasteiger partial charge in [0.15, 0.2) is 10.8 Å². The molecule has 1 unspecified atom stereocenters. The Morgan fingerprint density at radius 3 is 2.77 bits per heavy atom. The predicted molar refractivity (Wildman–Crippen MR) is 111 cm³/mol. The van der Waals surface area contributed by atoms with Crippen molar-refractivity contribution in [2.45, 2.75) is 25.3 Å². The smallest absolute Gasteiger partial charge is 0.352 e. The summed E-state index contributed by atoms with van der Waals surface area (Å²) in [4.78, 5) is 58.3. The molecule has 14 heteroatoms. The van der Waals surface area contributed by atoms with Crippen LogP contribution in [0.15, 0.2) is 21.8 Å². The topological polar surface area (TPSA) is 174 Å².